The molecule has 5 rings (SSSR count). The molecule has 0 saturated carbocycles. The summed E-state index contributed by atoms with van der Waals surface area (Å²) >= 11 is 1.56. The number of nitrogens with zero attached hydrogens (tertiary/aromatic N) is 3. The lowest BCUT2D eigenvalue weighted by Crippen LogP contribution is -2.47. The first-order chi connectivity index (χ1) is 14.1. The van der Waals surface area contributed by atoms with Crippen molar-refractivity contribution in [2.45, 2.75) is 18.6 Å². The molecule has 0 atom stereocenters. The van der Waals surface area contributed by atoms with Gasteiger partial charge in [0.25, 0.3) is 5.91 Å². The van der Waals surface area contributed by atoms with Gasteiger partial charge in [-0.15, -0.1) is 11.3 Å². The molecular formula is C21H20FN3O3S. The summed E-state index contributed by atoms with van der Waals surface area (Å²) in [4.78, 5) is 16.1. The lowest BCUT2D eigenvalue weighted by atomic mass is 10.0. The molecule has 2 aliphatic rings. The normalized spacial score (nSPS) is 18.4. The molecule has 0 unspecified atom stereocenters. The van der Waals surface area contributed by atoms with Gasteiger partial charge in [0.2, 0.25) is 0 Å². The summed E-state index contributed by atoms with van der Waals surface area (Å²) in [6, 6.07) is 11.7. The third-order valence-electron chi connectivity index (χ3n) is 5.40. The molecule has 0 N–H and O–H groups in total. The Balaban J connectivity index is 1.46. The van der Waals surface area contributed by atoms with Crippen LogP contribution in [0.1, 0.15) is 23.3 Å². The minimum atomic E-state index is -0.532. The minimum Gasteiger partial charge on any atom is -0.347 e. The summed E-state index contributed by atoms with van der Waals surface area (Å²) < 4.78 is 26.5. The fourth-order valence-electron chi connectivity index (χ4n) is 3.86. The molecule has 6 nitrogen and oxygen atoms in total. The van der Waals surface area contributed by atoms with E-state index in [0.717, 1.165) is 10.6 Å². The van der Waals surface area contributed by atoms with Crippen LogP contribution in [0.5, 0.6) is 0 Å². The third kappa shape index (κ3) is 3.48. The fraction of sp³-hybridized carbons (Fsp3) is 0.333. The average Bonchev–Trinajstić information content (AvgIpc) is 3.49. The predicted octanol–water partition coefficient (Wildman–Crippen LogP) is 3.72. The molecule has 29 heavy (non-hydrogen) atoms. The largest absolute Gasteiger partial charge is 0.347 e. The van der Waals surface area contributed by atoms with E-state index in [9.17, 15) is 9.18 Å². The number of hydrogen-bond donors (Lipinski definition) is 0. The molecular weight excluding hydrogens is 393 g/mol. The standard InChI is InChI=1S/C21H20FN3O3S/c22-15-3-5-16(6-4-15)25-18(14-17(23-25)19-2-1-13-29-19)20(26)24-9-7-21(8-10-24)27-11-12-28-21/h1-6,13-14H,7-12H2. The second-order valence-corrected chi connectivity index (χ2v) is 8.13. The number of rotatable bonds is 3. The van der Waals surface area contributed by atoms with Gasteiger partial charge >= 0.3 is 0 Å². The van der Waals surface area contributed by atoms with E-state index in [1.54, 1.807) is 28.2 Å². The molecule has 2 fully saturated rings. The van der Waals surface area contributed by atoms with Crippen molar-refractivity contribution in [1.82, 2.24) is 14.7 Å². The zero-order chi connectivity index (χ0) is 19.8. The average molecular weight is 413 g/mol. The molecule has 150 valence electrons. The number of benzene rings is 1. The number of halogens is 1. The number of carbonyl (C=O) groups is 1. The van der Waals surface area contributed by atoms with Gasteiger partial charge in [-0.3, -0.25) is 4.79 Å². The number of piperidine rings is 1. The van der Waals surface area contributed by atoms with Crippen molar-refractivity contribution in [1.29, 1.82) is 0 Å². The van der Waals surface area contributed by atoms with Gasteiger partial charge in [0.1, 0.15) is 17.2 Å². The van der Waals surface area contributed by atoms with Gasteiger partial charge in [0.05, 0.1) is 23.8 Å². The molecule has 2 aromatic heterocycles. The van der Waals surface area contributed by atoms with Crippen LogP contribution in [0.4, 0.5) is 4.39 Å². The highest BCUT2D eigenvalue weighted by Gasteiger charge is 2.41. The van der Waals surface area contributed by atoms with E-state index in [2.05, 4.69) is 5.10 Å². The fourth-order valence-corrected chi connectivity index (χ4v) is 4.54. The van der Waals surface area contributed by atoms with Crippen LogP contribution >= 0.6 is 11.3 Å². The van der Waals surface area contributed by atoms with Gasteiger partial charge in [-0.25, -0.2) is 9.07 Å². The maximum absolute atomic E-state index is 13.4. The maximum atomic E-state index is 13.4. The summed E-state index contributed by atoms with van der Waals surface area (Å²) in [6.45, 7) is 2.33. The number of thiophene rings is 1. The maximum Gasteiger partial charge on any atom is 0.272 e. The Morgan fingerprint density at radius 2 is 1.83 bits per heavy atom. The van der Waals surface area contributed by atoms with E-state index in [1.165, 1.54) is 12.1 Å². The summed E-state index contributed by atoms with van der Waals surface area (Å²) in [7, 11) is 0. The van der Waals surface area contributed by atoms with Crippen molar-refractivity contribution in [3.63, 3.8) is 0 Å². The van der Waals surface area contributed by atoms with Gasteiger partial charge < -0.3 is 14.4 Å². The lowest BCUT2D eigenvalue weighted by Gasteiger charge is -2.37. The second-order valence-electron chi connectivity index (χ2n) is 7.18. The SMILES string of the molecule is O=C(c1cc(-c2cccs2)nn1-c1ccc(F)cc1)N1CCC2(CC1)OCCO2. The highest BCUT2D eigenvalue weighted by molar-refractivity contribution is 7.13. The summed E-state index contributed by atoms with van der Waals surface area (Å²) in [6.07, 6.45) is 1.31. The molecule has 0 aliphatic carbocycles. The topological polar surface area (TPSA) is 56.6 Å². The van der Waals surface area contributed by atoms with E-state index in [1.807, 2.05) is 28.5 Å². The van der Waals surface area contributed by atoms with Crippen LogP contribution < -0.4 is 0 Å². The van der Waals surface area contributed by atoms with Gasteiger partial charge in [-0.1, -0.05) is 6.07 Å². The Morgan fingerprint density at radius 1 is 1.10 bits per heavy atom. The molecule has 1 amide bonds. The minimum absolute atomic E-state index is 0.0996. The Bertz CT molecular complexity index is 1000. The van der Waals surface area contributed by atoms with Crippen LogP contribution in [-0.4, -0.2) is 52.7 Å². The molecule has 0 radical (unpaired) electrons. The van der Waals surface area contributed by atoms with Crippen LogP contribution in [0.15, 0.2) is 47.8 Å². The summed E-state index contributed by atoms with van der Waals surface area (Å²) in [5.41, 5.74) is 1.83. The van der Waals surface area contributed by atoms with Gasteiger partial charge in [0.15, 0.2) is 5.79 Å². The van der Waals surface area contributed by atoms with Crippen LogP contribution in [0.25, 0.3) is 16.3 Å². The van der Waals surface area contributed by atoms with Gasteiger partial charge in [0, 0.05) is 25.9 Å². The molecule has 2 aliphatic heterocycles. The van der Waals surface area contributed by atoms with Crippen molar-refractivity contribution in [2.75, 3.05) is 26.3 Å². The van der Waals surface area contributed by atoms with Crippen molar-refractivity contribution < 1.29 is 18.7 Å². The van der Waals surface area contributed by atoms with Crippen LogP contribution in [0.3, 0.4) is 0 Å². The van der Waals surface area contributed by atoms with E-state index < -0.39 is 5.79 Å². The van der Waals surface area contributed by atoms with E-state index >= 15 is 0 Å². The molecule has 1 spiro atoms. The number of aromatic nitrogens is 2. The van der Waals surface area contributed by atoms with Gasteiger partial charge in [-0.2, -0.15) is 5.10 Å². The predicted molar refractivity (Wildman–Crippen MR) is 107 cm³/mol. The highest BCUT2D eigenvalue weighted by atomic mass is 32.1. The van der Waals surface area contributed by atoms with Crippen LogP contribution in [-0.2, 0) is 9.47 Å². The molecule has 8 heteroatoms. The van der Waals surface area contributed by atoms with E-state index in [4.69, 9.17) is 9.47 Å². The Morgan fingerprint density at radius 3 is 2.48 bits per heavy atom. The first kappa shape index (κ1) is 18.5. The summed E-state index contributed by atoms with van der Waals surface area (Å²) in [5.74, 6) is -0.960. The van der Waals surface area contributed by atoms with Crippen molar-refractivity contribution in [2.24, 2.45) is 0 Å². The first-order valence-corrected chi connectivity index (χ1v) is 10.5. The lowest BCUT2D eigenvalue weighted by molar-refractivity contribution is -0.181. The Hall–Kier alpha value is -2.55. The quantitative estimate of drug-likeness (QED) is 0.657. The third-order valence-corrected chi connectivity index (χ3v) is 6.29. The van der Waals surface area contributed by atoms with Gasteiger partial charge in [-0.05, 0) is 41.8 Å². The van der Waals surface area contributed by atoms with Crippen molar-refractivity contribution >= 4 is 17.2 Å². The number of ether oxygens (including phenoxy) is 2. The molecule has 4 heterocycles. The van der Waals surface area contributed by atoms with Crippen molar-refractivity contribution in [3.05, 3.63) is 59.4 Å². The Kier molecular flexibility index (Phi) is 4.69. The zero-order valence-electron chi connectivity index (χ0n) is 15.7. The molecule has 0 bridgehead atoms. The van der Waals surface area contributed by atoms with Crippen LogP contribution in [0.2, 0.25) is 0 Å². The van der Waals surface area contributed by atoms with Crippen LogP contribution in [0, 0.1) is 5.82 Å². The number of amides is 1. The van der Waals surface area contributed by atoms with Crippen molar-refractivity contribution in [3.8, 4) is 16.3 Å². The second kappa shape index (κ2) is 7.37. The van der Waals surface area contributed by atoms with E-state index in [0.29, 0.717) is 50.5 Å². The number of likely N-dealkylation sites (tertiary alicyclic amines) is 1. The highest BCUT2D eigenvalue weighted by Crippen LogP contribution is 2.32. The smallest absolute Gasteiger partial charge is 0.272 e. The molecule has 3 aromatic rings. The number of carbonyl (C=O) groups excluding carboxylic acids is 1. The zero-order valence-corrected chi connectivity index (χ0v) is 16.5. The Labute approximate surface area is 171 Å². The van der Waals surface area contributed by atoms with E-state index in [-0.39, 0.29) is 11.7 Å². The first-order valence-electron chi connectivity index (χ1n) is 9.61. The monoisotopic (exact) mass is 413 g/mol. The number of hydrogen-bond acceptors (Lipinski definition) is 5. The summed E-state index contributed by atoms with van der Waals surface area (Å²) in [5, 5.41) is 6.62. The molecule has 1 aromatic carbocycles. The molecule has 2 saturated heterocycles.